The number of ether oxygens (including phenoxy) is 1. The summed E-state index contributed by atoms with van der Waals surface area (Å²) >= 11 is 0. The molecule has 0 heterocycles. The fourth-order valence-electron chi connectivity index (χ4n) is 3.47. The van der Waals surface area contributed by atoms with E-state index in [-0.39, 0.29) is 0 Å². The molecule has 0 aliphatic rings. The van der Waals surface area contributed by atoms with Crippen LogP contribution in [0.3, 0.4) is 0 Å². The molecule has 1 unspecified atom stereocenters. The molecule has 0 spiro atoms. The lowest BCUT2D eigenvalue weighted by Crippen LogP contribution is -2.29. The molecule has 126 valence electrons. The van der Waals surface area contributed by atoms with Gasteiger partial charge in [0.05, 0.1) is 6.61 Å². The van der Waals surface area contributed by atoms with Crippen molar-refractivity contribution in [2.24, 2.45) is 0 Å². The van der Waals surface area contributed by atoms with Crippen molar-refractivity contribution < 1.29 is 9.84 Å². The minimum atomic E-state index is -1.46. The monoisotopic (exact) mass is 322 g/mol. The second-order valence-corrected chi connectivity index (χ2v) is 6.51. The molecule has 0 aromatic heterocycles. The first-order chi connectivity index (χ1) is 11.3. The predicted molar refractivity (Wildman–Crippen MR) is 99.1 cm³/mol. The largest absolute Gasteiger partial charge is 0.380 e. The van der Waals surface area contributed by atoms with Crippen molar-refractivity contribution in [3.63, 3.8) is 0 Å². The molecule has 0 fully saturated rings. The molecule has 1 atom stereocenters. The summed E-state index contributed by atoms with van der Waals surface area (Å²) in [5.41, 5.74) is 6.47. The number of hydrogen-bond donors (Lipinski definition) is 1. The summed E-state index contributed by atoms with van der Waals surface area (Å²) in [6.45, 7) is 10.6. The van der Waals surface area contributed by atoms with Crippen LogP contribution in [-0.4, -0.2) is 12.2 Å². The summed E-state index contributed by atoms with van der Waals surface area (Å²) in [4.78, 5) is 0. The molecule has 0 saturated carbocycles. The summed E-state index contributed by atoms with van der Waals surface area (Å²) in [5, 5.41) is 11.5. The highest BCUT2D eigenvalue weighted by Gasteiger charge is 2.34. The summed E-state index contributed by atoms with van der Waals surface area (Å²) in [6.07, 6.45) is 5.86. The molecule has 2 nitrogen and oxygen atoms in total. The number of rotatable bonds is 4. The van der Waals surface area contributed by atoms with E-state index in [1.807, 2.05) is 45.0 Å². The molecule has 0 radical (unpaired) electrons. The van der Waals surface area contributed by atoms with Crippen LogP contribution in [0, 0.1) is 47.0 Å². The van der Waals surface area contributed by atoms with Crippen molar-refractivity contribution in [3.05, 3.63) is 68.8 Å². The molecular weight excluding hydrogens is 296 g/mol. The first kappa shape index (κ1) is 18.3. The lowest BCUT2D eigenvalue weighted by molar-refractivity contribution is 0.142. The Morgan fingerprint density at radius 2 is 1.62 bits per heavy atom. The Bertz CT molecular complexity index is 791. The molecule has 0 bridgehead atoms. The van der Waals surface area contributed by atoms with Crippen molar-refractivity contribution in [1.82, 2.24) is 0 Å². The minimum absolute atomic E-state index is 0.493. The molecule has 2 rings (SSSR count). The third-order valence-electron chi connectivity index (χ3n) is 5.07. The van der Waals surface area contributed by atoms with Crippen LogP contribution in [0.2, 0.25) is 0 Å². The Morgan fingerprint density at radius 3 is 2.12 bits per heavy atom. The van der Waals surface area contributed by atoms with Crippen LogP contribution in [0.15, 0.2) is 24.3 Å². The van der Waals surface area contributed by atoms with Crippen LogP contribution in [0.1, 0.15) is 44.5 Å². The lowest BCUT2D eigenvalue weighted by Gasteiger charge is -2.30. The Hall–Kier alpha value is -2.08. The summed E-state index contributed by atoms with van der Waals surface area (Å²) in [6, 6.07) is 7.94. The van der Waals surface area contributed by atoms with E-state index in [9.17, 15) is 5.11 Å². The highest BCUT2D eigenvalue weighted by atomic mass is 16.5. The van der Waals surface area contributed by atoms with E-state index in [4.69, 9.17) is 11.2 Å². The van der Waals surface area contributed by atoms with Gasteiger partial charge in [-0.05, 0) is 74.1 Å². The van der Waals surface area contributed by atoms with Crippen LogP contribution in [0.25, 0.3) is 0 Å². The second-order valence-electron chi connectivity index (χ2n) is 6.51. The zero-order valence-electron chi connectivity index (χ0n) is 15.4. The average molecular weight is 322 g/mol. The Kier molecular flexibility index (Phi) is 5.18. The highest BCUT2D eigenvalue weighted by Crippen LogP contribution is 2.38. The first-order valence-corrected chi connectivity index (χ1v) is 8.13. The molecule has 0 aliphatic heterocycles. The number of terminal acetylenes is 1. The first-order valence-electron chi connectivity index (χ1n) is 8.13. The average Bonchev–Trinajstić information content (AvgIpc) is 2.55. The molecule has 2 heteroatoms. The lowest BCUT2D eigenvalue weighted by atomic mass is 9.78. The normalized spacial score (nSPS) is 13.4. The smallest absolute Gasteiger partial charge is 0.177 e. The molecule has 0 aliphatic carbocycles. The van der Waals surface area contributed by atoms with Gasteiger partial charge in [-0.1, -0.05) is 24.1 Å². The number of aryl methyl sites for hydroxylation is 2. The van der Waals surface area contributed by atoms with Gasteiger partial charge in [-0.3, -0.25) is 0 Å². The summed E-state index contributed by atoms with van der Waals surface area (Å²) in [5.74, 6) is 2.66. The Morgan fingerprint density at radius 1 is 1.04 bits per heavy atom. The summed E-state index contributed by atoms with van der Waals surface area (Å²) in [7, 11) is 1.67. The maximum atomic E-state index is 11.5. The third-order valence-corrected chi connectivity index (χ3v) is 5.07. The van der Waals surface area contributed by atoms with E-state index in [0.717, 1.165) is 38.9 Å². The fourth-order valence-corrected chi connectivity index (χ4v) is 3.47. The van der Waals surface area contributed by atoms with Crippen LogP contribution >= 0.6 is 0 Å². The van der Waals surface area contributed by atoms with Crippen LogP contribution in [0.4, 0.5) is 0 Å². The zero-order chi connectivity index (χ0) is 18.1. The van der Waals surface area contributed by atoms with Gasteiger partial charge in [-0.15, -0.1) is 6.42 Å². The molecule has 24 heavy (non-hydrogen) atoms. The Balaban J connectivity index is 2.83. The molecule has 0 saturated heterocycles. The van der Waals surface area contributed by atoms with E-state index in [1.54, 1.807) is 7.11 Å². The van der Waals surface area contributed by atoms with Crippen molar-refractivity contribution in [2.45, 2.75) is 46.8 Å². The second kappa shape index (κ2) is 6.81. The van der Waals surface area contributed by atoms with Gasteiger partial charge in [0, 0.05) is 18.2 Å². The van der Waals surface area contributed by atoms with Crippen LogP contribution in [-0.2, 0) is 16.9 Å². The van der Waals surface area contributed by atoms with Gasteiger partial charge in [0.25, 0.3) is 0 Å². The van der Waals surface area contributed by atoms with Gasteiger partial charge in [-0.25, -0.2) is 0 Å². The quantitative estimate of drug-likeness (QED) is 0.853. The van der Waals surface area contributed by atoms with Gasteiger partial charge in [0.1, 0.15) is 0 Å². The standard InChI is InChI=1S/C22H26O2/c1-8-22(23,21-14(2)10-9-11-15(21)3)20-12-19(13-24-7)17(5)16(4)18(20)6/h1,9-12,23H,13H2,2-7H3. The topological polar surface area (TPSA) is 29.5 Å². The SMILES string of the molecule is C#CC(O)(c1cc(COC)c(C)c(C)c1C)c1c(C)cccc1C. The number of benzene rings is 2. The minimum Gasteiger partial charge on any atom is -0.380 e. The Labute approximate surface area is 145 Å². The van der Waals surface area contributed by atoms with Gasteiger partial charge in [-0.2, -0.15) is 0 Å². The van der Waals surface area contributed by atoms with Gasteiger partial charge >= 0.3 is 0 Å². The molecular formula is C22H26O2. The molecule has 2 aromatic rings. The van der Waals surface area contributed by atoms with Crippen molar-refractivity contribution >= 4 is 0 Å². The third kappa shape index (κ3) is 2.86. The van der Waals surface area contributed by atoms with Crippen molar-refractivity contribution in [1.29, 1.82) is 0 Å². The van der Waals surface area contributed by atoms with E-state index in [0.29, 0.717) is 6.61 Å². The van der Waals surface area contributed by atoms with E-state index < -0.39 is 5.60 Å². The fraction of sp³-hybridized carbons (Fsp3) is 0.364. The van der Waals surface area contributed by atoms with Crippen LogP contribution in [0.5, 0.6) is 0 Å². The number of aliphatic hydroxyl groups is 1. The van der Waals surface area contributed by atoms with E-state index in [2.05, 4.69) is 19.8 Å². The van der Waals surface area contributed by atoms with Gasteiger partial charge in [0.15, 0.2) is 5.60 Å². The summed E-state index contributed by atoms with van der Waals surface area (Å²) < 4.78 is 5.32. The van der Waals surface area contributed by atoms with E-state index in [1.165, 1.54) is 5.56 Å². The molecule has 1 N–H and O–H groups in total. The molecule has 2 aromatic carbocycles. The van der Waals surface area contributed by atoms with Crippen LogP contribution < -0.4 is 0 Å². The van der Waals surface area contributed by atoms with E-state index >= 15 is 0 Å². The maximum absolute atomic E-state index is 11.5. The maximum Gasteiger partial charge on any atom is 0.177 e. The van der Waals surface area contributed by atoms with Crippen molar-refractivity contribution in [2.75, 3.05) is 7.11 Å². The number of methoxy groups -OCH3 is 1. The van der Waals surface area contributed by atoms with Gasteiger partial charge in [0.2, 0.25) is 0 Å². The molecule has 0 amide bonds. The van der Waals surface area contributed by atoms with Gasteiger partial charge < -0.3 is 9.84 Å². The van der Waals surface area contributed by atoms with Crippen molar-refractivity contribution in [3.8, 4) is 12.3 Å². The predicted octanol–water partition coefficient (Wildman–Crippen LogP) is 4.24. The number of hydrogen-bond acceptors (Lipinski definition) is 2. The zero-order valence-corrected chi connectivity index (χ0v) is 15.4. The highest BCUT2D eigenvalue weighted by molar-refractivity contribution is 5.56.